The highest BCUT2D eigenvalue weighted by molar-refractivity contribution is 7.99. The Morgan fingerprint density at radius 2 is 2.15 bits per heavy atom. The minimum absolute atomic E-state index is 0.152. The lowest BCUT2D eigenvalue weighted by molar-refractivity contribution is -0.131. The molecule has 0 aliphatic carbocycles. The number of thiophene rings is 1. The van der Waals surface area contributed by atoms with Crippen LogP contribution in [0.3, 0.4) is 0 Å². The molecule has 0 bridgehead atoms. The van der Waals surface area contributed by atoms with Gasteiger partial charge in [-0.15, -0.1) is 16.4 Å². The zero-order valence-corrected chi connectivity index (χ0v) is 17.7. The average Bonchev–Trinajstić information content (AvgIpc) is 3.30. The van der Waals surface area contributed by atoms with E-state index in [1.807, 2.05) is 25.7 Å². The molecule has 0 fully saturated rings. The first-order valence-electron chi connectivity index (χ1n) is 9.18. The van der Waals surface area contributed by atoms with Crippen molar-refractivity contribution in [3.05, 3.63) is 38.8 Å². The third-order valence-corrected chi connectivity index (χ3v) is 7.19. The van der Waals surface area contributed by atoms with Crippen LogP contribution in [0.5, 0.6) is 0 Å². The predicted octanol–water partition coefficient (Wildman–Crippen LogP) is 3.74. The van der Waals surface area contributed by atoms with E-state index in [9.17, 15) is 4.79 Å². The van der Waals surface area contributed by atoms with Gasteiger partial charge in [-0.3, -0.25) is 4.79 Å². The monoisotopic (exact) mass is 401 g/mol. The molecule has 1 aliphatic rings. The maximum absolute atomic E-state index is 12.9. The Balaban J connectivity index is 1.50. The molecule has 0 aromatic carbocycles. The van der Waals surface area contributed by atoms with Crippen molar-refractivity contribution < 1.29 is 4.79 Å². The summed E-state index contributed by atoms with van der Waals surface area (Å²) in [6.45, 7) is 8.97. The van der Waals surface area contributed by atoms with Crippen LogP contribution in [0.25, 0.3) is 5.78 Å². The Hall–Kier alpha value is -1.93. The molecule has 4 rings (SSSR count). The van der Waals surface area contributed by atoms with Crippen molar-refractivity contribution >= 4 is 34.8 Å². The van der Waals surface area contributed by atoms with Crippen LogP contribution >= 0.6 is 23.1 Å². The van der Waals surface area contributed by atoms with E-state index in [2.05, 4.69) is 33.4 Å². The largest absolute Gasteiger partial charge is 0.335 e. The average molecular weight is 402 g/mol. The quantitative estimate of drug-likeness (QED) is 0.623. The summed E-state index contributed by atoms with van der Waals surface area (Å²) in [7, 11) is 0. The molecule has 8 heteroatoms. The summed E-state index contributed by atoms with van der Waals surface area (Å²) < 4.78 is 1.77. The summed E-state index contributed by atoms with van der Waals surface area (Å²) in [4.78, 5) is 25.3. The van der Waals surface area contributed by atoms with Crippen molar-refractivity contribution in [2.75, 3.05) is 12.3 Å². The Morgan fingerprint density at radius 3 is 2.93 bits per heavy atom. The maximum Gasteiger partial charge on any atom is 0.253 e. The molecule has 0 saturated heterocycles. The van der Waals surface area contributed by atoms with Gasteiger partial charge in [-0.1, -0.05) is 18.7 Å². The minimum atomic E-state index is 0.152. The fourth-order valence-electron chi connectivity index (χ4n) is 3.64. The number of amides is 1. The number of rotatable bonds is 4. The third kappa shape index (κ3) is 3.25. The summed E-state index contributed by atoms with van der Waals surface area (Å²) in [5.41, 5.74) is 4.44. The van der Waals surface area contributed by atoms with Crippen LogP contribution < -0.4 is 0 Å². The summed E-state index contributed by atoms with van der Waals surface area (Å²) in [5, 5.41) is 7.27. The molecule has 0 N–H and O–H groups in total. The van der Waals surface area contributed by atoms with Crippen LogP contribution in [-0.4, -0.2) is 42.7 Å². The van der Waals surface area contributed by atoms with Crippen molar-refractivity contribution in [2.45, 2.75) is 51.7 Å². The van der Waals surface area contributed by atoms with Gasteiger partial charge in [-0.05, 0) is 56.2 Å². The van der Waals surface area contributed by atoms with Crippen LogP contribution in [0.2, 0.25) is 0 Å². The summed E-state index contributed by atoms with van der Waals surface area (Å²) in [6, 6.07) is 2.36. The standard InChI is InChI=1S/C19H23N5OS2/c1-5-15-14-7-9-26-16(14)6-8-23(15)17(25)10-27-19-21-18-20-12(3)11(2)13(4)24(18)22-19/h7,9,15H,5-6,8,10H2,1-4H3. The van der Waals surface area contributed by atoms with Gasteiger partial charge in [0.05, 0.1) is 11.8 Å². The topological polar surface area (TPSA) is 63.4 Å². The molecule has 1 atom stereocenters. The first-order valence-corrected chi connectivity index (χ1v) is 11.0. The van der Waals surface area contributed by atoms with Gasteiger partial charge in [0.2, 0.25) is 11.1 Å². The number of fused-ring (bicyclic) bond motifs is 2. The summed E-state index contributed by atoms with van der Waals surface area (Å²) >= 11 is 3.19. The van der Waals surface area contributed by atoms with E-state index in [-0.39, 0.29) is 11.9 Å². The SMILES string of the molecule is CCC1c2ccsc2CCN1C(=O)CSc1nc2nc(C)c(C)c(C)n2n1. The van der Waals surface area contributed by atoms with Gasteiger partial charge in [0.1, 0.15) is 0 Å². The Morgan fingerprint density at radius 1 is 1.33 bits per heavy atom. The highest BCUT2D eigenvalue weighted by atomic mass is 32.2. The number of thioether (sulfide) groups is 1. The zero-order valence-electron chi connectivity index (χ0n) is 16.0. The van der Waals surface area contributed by atoms with Gasteiger partial charge in [-0.25, -0.2) is 9.50 Å². The molecular weight excluding hydrogens is 378 g/mol. The molecule has 6 nitrogen and oxygen atoms in total. The number of carbonyl (C=O) groups excluding carboxylic acids is 1. The lowest BCUT2D eigenvalue weighted by Crippen LogP contribution is -2.40. The number of aromatic nitrogens is 4. The number of carbonyl (C=O) groups is 1. The molecule has 4 heterocycles. The molecule has 1 amide bonds. The second-order valence-corrected chi connectivity index (χ2v) is 8.81. The smallest absolute Gasteiger partial charge is 0.253 e. The van der Waals surface area contributed by atoms with Gasteiger partial charge in [-0.2, -0.15) is 4.98 Å². The fourth-order valence-corrected chi connectivity index (χ4v) is 5.28. The molecule has 0 spiro atoms. The lowest BCUT2D eigenvalue weighted by atomic mass is 9.98. The Bertz CT molecular complexity index is 1010. The van der Waals surface area contributed by atoms with Crippen molar-refractivity contribution in [1.29, 1.82) is 0 Å². The highest BCUT2D eigenvalue weighted by Gasteiger charge is 2.30. The van der Waals surface area contributed by atoms with Gasteiger partial charge in [0.15, 0.2) is 0 Å². The Kier molecular flexibility index (Phi) is 4.94. The fraction of sp³-hybridized carbons (Fsp3) is 0.474. The van der Waals surface area contributed by atoms with Crippen molar-refractivity contribution in [2.24, 2.45) is 0 Å². The van der Waals surface area contributed by atoms with Crippen LogP contribution in [0.4, 0.5) is 0 Å². The second kappa shape index (κ2) is 7.24. The van der Waals surface area contributed by atoms with Crippen molar-refractivity contribution in [1.82, 2.24) is 24.5 Å². The molecule has 27 heavy (non-hydrogen) atoms. The van der Waals surface area contributed by atoms with E-state index in [1.54, 1.807) is 15.9 Å². The van der Waals surface area contributed by atoms with E-state index >= 15 is 0 Å². The van der Waals surface area contributed by atoms with Gasteiger partial charge >= 0.3 is 0 Å². The zero-order chi connectivity index (χ0) is 19.1. The lowest BCUT2D eigenvalue weighted by Gasteiger charge is -2.35. The van der Waals surface area contributed by atoms with Crippen molar-refractivity contribution in [3.63, 3.8) is 0 Å². The molecular formula is C19H23N5OS2. The number of hydrogen-bond acceptors (Lipinski definition) is 6. The normalized spacial score (nSPS) is 16.7. The van der Waals surface area contributed by atoms with E-state index in [4.69, 9.17) is 0 Å². The summed E-state index contributed by atoms with van der Waals surface area (Å²) in [6.07, 6.45) is 1.89. The van der Waals surface area contributed by atoms with E-state index in [0.717, 1.165) is 36.3 Å². The van der Waals surface area contributed by atoms with Crippen LogP contribution in [0.15, 0.2) is 16.6 Å². The van der Waals surface area contributed by atoms with Crippen molar-refractivity contribution in [3.8, 4) is 0 Å². The molecule has 3 aromatic heterocycles. The highest BCUT2D eigenvalue weighted by Crippen LogP contribution is 2.35. The third-order valence-electron chi connectivity index (χ3n) is 5.37. The first kappa shape index (κ1) is 18.4. The summed E-state index contributed by atoms with van der Waals surface area (Å²) in [5.74, 6) is 1.10. The van der Waals surface area contributed by atoms with E-state index < -0.39 is 0 Å². The molecule has 3 aromatic rings. The first-order chi connectivity index (χ1) is 13.0. The van der Waals surface area contributed by atoms with Crippen LogP contribution in [-0.2, 0) is 11.2 Å². The number of hydrogen-bond donors (Lipinski definition) is 0. The van der Waals surface area contributed by atoms with Crippen LogP contribution in [0.1, 0.15) is 46.8 Å². The van der Waals surface area contributed by atoms with E-state index in [1.165, 1.54) is 22.2 Å². The molecule has 142 valence electrons. The Labute approximate surface area is 167 Å². The van der Waals surface area contributed by atoms with Gasteiger partial charge in [0, 0.05) is 22.8 Å². The predicted molar refractivity (Wildman–Crippen MR) is 108 cm³/mol. The molecule has 0 radical (unpaired) electrons. The van der Waals surface area contributed by atoms with E-state index in [0.29, 0.717) is 16.7 Å². The molecule has 1 aliphatic heterocycles. The molecule has 0 saturated carbocycles. The number of nitrogens with zero attached hydrogens (tertiary/aromatic N) is 5. The van der Waals surface area contributed by atoms with Gasteiger partial charge < -0.3 is 4.90 Å². The molecule has 1 unspecified atom stereocenters. The van der Waals surface area contributed by atoms with Gasteiger partial charge in [0.25, 0.3) is 5.78 Å². The number of aryl methyl sites for hydroxylation is 2. The second-order valence-electron chi connectivity index (χ2n) is 6.86. The minimum Gasteiger partial charge on any atom is -0.335 e. The van der Waals surface area contributed by atoms with Crippen LogP contribution in [0, 0.1) is 20.8 Å². The maximum atomic E-state index is 12.9.